The molecule has 2 aromatic heterocycles. The summed E-state index contributed by atoms with van der Waals surface area (Å²) in [5.74, 6) is 0.413. The number of H-pyrrole nitrogens is 2. The fourth-order valence-corrected chi connectivity index (χ4v) is 3.98. The number of carbonyl (C=O) groups is 1. The number of benzene rings is 1. The number of fused-ring (bicyclic) bond motifs is 1. The van der Waals surface area contributed by atoms with Gasteiger partial charge in [0.1, 0.15) is 11.3 Å². The molecule has 1 fully saturated rings. The van der Waals surface area contributed by atoms with Gasteiger partial charge in [-0.15, -0.1) is 0 Å². The molecular formula is C21H25N5O4. The van der Waals surface area contributed by atoms with Crippen molar-refractivity contribution in [2.24, 2.45) is 7.05 Å². The minimum absolute atomic E-state index is 0.0833. The first-order chi connectivity index (χ1) is 14.5. The van der Waals surface area contributed by atoms with Crippen molar-refractivity contribution in [2.45, 2.75) is 31.1 Å². The second kappa shape index (κ2) is 8.27. The van der Waals surface area contributed by atoms with Crippen LogP contribution in [0.25, 0.3) is 11.2 Å². The summed E-state index contributed by atoms with van der Waals surface area (Å²) in [4.78, 5) is 45.6. The highest BCUT2D eigenvalue weighted by molar-refractivity contribution is 5.76. The first kappa shape index (κ1) is 20.1. The Balaban J connectivity index is 1.42. The Bertz CT molecular complexity index is 1160. The number of nitrogens with zero attached hydrogens (tertiary/aromatic N) is 2. The number of hydrogen-bond acceptors (Lipinski definition) is 5. The summed E-state index contributed by atoms with van der Waals surface area (Å²) in [5.41, 5.74) is 0.569. The maximum absolute atomic E-state index is 12.5. The number of aromatic nitrogens is 4. The molecule has 3 heterocycles. The van der Waals surface area contributed by atoms with Crippen LogP contribution in [0.4, 0.5) is 0 Å². The molecule has 0 spiro atoms. The fourth-order valence-electron chi connectivity index (χ4n) is 3.98. The van der Waals surface area contributed by atoms with Gasteiger partial charge in [0.2, 0.25) is 5.91 Å². The van der Waals surface area contributed by atoms with Crippen molar-refractivity contribution >= 4 is 17.1 Å². The molecule has 0 saturated carbocycles. The van der Waals surface area contributed by atoms with E-state index < -0.39 is 11.2 Å². The normalized spacial score (nSPS) is 15.9. The highest BCUT2D eigenvalue weighted by Crippen LogP contribution is 2.34. The van der Waals surface area contributed by atoms with Gasteiger partial charge in [0, 0.05) is 45.1 Å². The van der Waals surface area contributed by atoms with Crippen molar-refractivity contribution in [1.29, 1.82) is 0 Å². The van der Waals surface area contributed by atoms with Gasteiger partial charge < -0.3 is 15.0 Å². The van der Waals surface area contributed by atoms with E-state index in [1.54, 1.807) is 0 Å². The number of aromatic amines is 2. The van der Waals surface area contributed by atoms with Crippen molar-refractivity contribution in [3.8, 4) is 0 Å². The van der Waals surface area contributed by atoms with Crippen molar-refractivity contribution in [1.82, 2.24) is 24.8 Å². The number of ether oxygens (including phenoxy) is 1. The number of hydrogen-bond donors (Lipinski definition) is 3. The zero-order valence-corrected chi connectivity index (χ0v) is 16.9. The zero-order chi connectivity index (χ0) is 21.1. The van der Waals surface area contributed by atoms with Gasteiger partial charge in [0.05, 0.1) is 0 Å². The molecule has 0 unspecified atom stereocenters. The topological polar surface area (TPSA) is 122 Å². The predicted octanol–water partition coefficient (Wildman–Crippen LogP) is 0.747. The summed E-state index contributed by atoms with van der Waals surface area (Å²) >= 11 is 0. The van der Waals surface area contributed by atoms with Crippen LogP contribution in [-0.2, 0) is 28.4 Å². The van der Waals surface area contributed by atoms with E-state index in [1.165, 1.54) is 17.2 Å². The Morgan fingerprint density at radius 3 is 2.67 bits per heavy atom. The molecule has 1 aliphatic rings. The number of imidazole rings is 1. The van der Waals surface area contributed by atoms with Gasteiger partial charge >= 0.3 is 5.69 Å². The lowest BCUT2D eigenvalue weighted by Gasteiger charge is -2.38. The monoisotopic (exact) mass is 411 g/mol. The summed E-state index contributed by atoms with van der Waals surface area (Å²) in [5, 5.41) is 3.07. The number of carbonyl (C=O) groups excluding carboxylic acids is 1. The number of aryl methyl sites for hydroxylation is 2. The number of nitrogens with one attached hydrogen (secondary N) is 3. The Hall–Kier alpha value is -3.20. The molecule has 1 saturated heterocycles. The number of amides is 1. The quantitative estimate of drug-likeness (QED) is 0.553. The van der Waals surface area contributed by atoms with Gasteiger partial charge in [-0.05, 0) is 18.4 Å². The van der Waals surface area contributed by atoms with Crippen molar-refractivity contribution in [2.75, 3.05) is 19.8 Å². The molecule has 158 valence electrons. The van der Waals surface area contributed by atoms with Gasteiger partial charge in [0.15, 0.2) is 5.65 Å². The summed E-state index contributed by atoms with van der Waals surface area (Å²) in [6.45, 7) is 1.90. The smallest absolute Gasteiger partial charge is 0.329 e. The fraction of sp³-hybridized carbons (Fsp3) is 0.429. The molecule has 3 N–H and O–H groups in total. The van der Waals surface area contributed by atoms with Gasteiger partial charge in [0.25, 0.3) is 5.56 Å². The van der Waals surface area contributed by atoms with Gasteiger partial charge in [-0.25, -0.2) is 9.78 Å². The maximum atomic E-state index is 12.5. The Morgan fingerprint density at radius 1 is 1.20 bits per heavy atom. The lowest BCUT2D eigenvalue weighted by molar-refractivity contribution is -0.121. The molecule has 30 heavy (non-hydrogen) atoms. The van der Waals surface area contributed by atoms with Gasteiger partial charge in [-0.3, -0.25) is 19.1 Å². The highest BCUT2D eigenvalue weighted by atomic mass is 16.5. The molecule has 0 bridgehead atoms. The molecule has 4 rings (SSSR count). The Labute approximate surface area is 172 Å². The molecule has 3 aromatic rings. The predicted molar refractivity (Wildman–Crippen MR) is 111 cm³/mol. The average Bonchev–Trinajstić information content (AvgIpc) is 3.21. The molecule has 0 atom stereocenters. The lowest BCUT2D eigenvalue weighted by atomic mass is 9.74. The van der Waals surface area contributed by atoms with Crippen LogP contribution in [-0.4, -0.2) is 45.2 Å². The largest absolute Gasteiger partial charge is 0.381 e. The van der Waals surface area contributed by atoms with E-state index in [0.29, 0.717) is 32.0 Å². The van der Waals surface area contributed by atoms with Crippen LogP contribution in [0.5, 0.6) is 0 Å². The molecule has 0 radical (unpaired) electrons. The first-order valence-corrected chi connectivity index (χ1v) is 10.1. The van der Waals surface area contributed by atoms with Crippen LogP contribution in [0.1, 0.15) is 30.7 Å². The van der Waals surface area contributed by atoms with Crippen LogP contribution in [0.3, 0.4) is 0 Å². The van der Waals surface area contributed by atoms with Gasteiger partial charge in [-0.1, -0.05) is 30.3 Å². The molecule has 1 amide bonds. The van der Waals surface area contributed by atoms with Crippen molar-refractivity contribution < 1.29 is 9.53 Å². The zero-order valence-electron chi connectivity index (χ0n) is 16.9. The first-order valence-electron chi connectivity index (χ1n) is 10.1. The summed E-state index contributed by atoms with van der Waals surface area (Å²) < 4.78 is 6.81. The van der Waals surface area contributed by atoms with E-state index in [-0.39, 0.29) is 28.9 Å². The van der Waals surface area contributed by atoms with Gasteiger partial charge in [-0.2, -0.15) is 0 Å². The maximum Gasteiger partial charge on any atom is 0.329 e. The third-order valence-electron chi connectivity index (χ3n) is 5.85. The Kier molecular flexibility index (Phi) is 5.54. The minimum Gasteiger partial charge on any atom is -0.381 e. The van der Waals surface area contributed by atoms with E-state index in [1.807, 2.05) is 18.2 Å². The van der Waals surface area contributed by atoms with E-state index in [0.717, 1.165) is 12.8 Å². The average molecular weight is 411 g/mol. The molecule has 9 nitrogen and oxygen atoms in total. The third-order valence-corrected chi connectivity index (χ3v) is 5.85. The van der Waals surface area contributed by atoms with Crippen LogP contribution >= 0.6 is 0 Å². The molecular weight excluding hydrogens is 386 g/mol. The Morgan fingerprint density at radius 2 is 1.93 bits per heavy atom. The summed E-state index contributed by atoms with van der Waals surface area (Å²) in [7, 11) is 1.54. The van der Waals surface area contributed by atoms with Crippen LogP contribution in [0, 0.1) is 0 Å². The van der Waals surface area contributed by atoms with E-state index in [4.69, 9.17) is 4.74 Å². The van der Waals surface area contributed by atoms with Crippen molar-refractivity contribution in [3.63, 3.8) is 0 Å². The van der Waals surface area contributed by atoms with E-state index in [9.17, 15) is 14.4 Å². The lowest BCUT2D eigenvalue weighted by Crippen LogP contribution is -2.44. The molecule has 1 aliphatic heterocycles. The summed E-state index contributed by atoms with van der Waals surface area (Å²) in [6, 6.07) is 10.2. The number of rotatable bonds is 6. The minimum atomic E-state index is -0.522. The third kappa shape index (κ3) is 3.93. The highest BCUT2D eigenvalue weighted by Gasteiger charge is 2.34. The van der Waals surface area contributed by atoms with Crippen molar-refractivity contribution in [3.05, 3.63) is 62.6 Å². The van der Waals surface area contributed by atoms with Crippen LogP contribution in [0.15, 0.2) is 39.9 Å². The second-order valence-electron chi connectivity index (χ2n) is 7.74. The molecule has 1 aromatic carbocycles. The summed E-state index contributed by atoms with van der Waals surface area (Å²) in [6.07, 6.45) is 2.29. The molecule has 0 aliphatic carbocycles. The van der Waals surface area contributed by atoms with Crippen LogP contribution in [0.2, 0.25) is 0 Å². The SMILES string of the molecule is Cn1c(=O)[nH]c(=O)c2[nH]c(CCC(=O)NCC3(c4ccccc4)CCOCC3)nc21. The van der Waals surface area contributed by atoms with E-state index in [2.05, 4.69) is 32.4 Å². The standard InChI is InChI=1S/C21H25N5O4/c1-26-18-17(19(28)25-20(26)29)23-15(24-18)7-8-16(27)22-13-21(9-11-30-12-10-21)14-5-3-2-4-6-14/h2-6H,7-13H2,1H3,(H,22,27)(H,23,24)(H,25,28,29). The second-order valence-corrected chi connectivity index (χ2v) is 7.74. The molecule has 9 heteroatoms. The van der Waals surface area contributed by atoms with E-state index >= 15 is 0 Å². The van der Waals surface area contributed by atoms with Crippen LogP contribution < -0.4 is 16.6 Å².